The Hall–Kier alpha value is -2.03. The fourth-order valence-corrected chi connectivity index (χ4v) is 1.31. The Morgan fingerprint density at radius 1 is 1.07 bits per heavy atom. The molecule has 0 atom stereocenters. The van der Waals surface area contributed by atoms with Gasteiger partial charge in [0, 0.05) is 12.3 Å². The Bertz CT molecular complexity index is 502. The zero-order chi connectivity index (χ0) is 9.97. The fraction of sp³-hybridized carbons (Fsp3) is 0. The minimum absolute atomic E-state index is 0.147. The average Bonchev–Trinajstić information content (AvgIpc) is 2.18. The third kappa shape index (κ3) is 1.66. The molecule has 70 valence electrons. The van der Waals surface area contributed by atoms with Crippen molar-refractivity contribution >= 4 is 0 Å². The van der Waals surface area contributed by atoms with Crippen LogP contribution in [0.5, 0.6) is 5.75 Å². The molecule has 0 fully saturated rings. The van der Waals surface area contributed by atoms with Crippen LogP contribution in [0.3, 0.4) is 0 Å². The average molecular weight is 187 g/mol. The van der Waals surface area contributed by atoms with Crippen LogP contribution in [0.4, 0.5) is 0 Å². The van der Waals surface area contributed by atoms with Gasteiger partial charge in [0.25, 0.3) is 0 Å². The molecule has 0 aliphatic carbocycles. The topological polar surface area (TPSA) is 53.1 Å². The lowest BCUT2D eigenvalue weighted by atomic mass is 10.1. The van der Waals surface area contributed by atoms with E-state index in [-0.39, 0.29) is 11.3 Å². The number of hydrogen-bond donors (Lipinski definition) is 2. The first-order valence-corrected chi connectivity index (χ1v) is 4.24. The zero-order valence-corrected chi connectivity index (χ0v) is 7.40. The van der Waals surface area contributed by atoms with Crippen molar-refractivity contribution in [2.45, 2.75) is 0 Å². The predicted octanol–water partition coefficient (Wildman–Crippen LogP) is 1.75. The molecule has 1 aromatic heterocycles. The molecule has 1 aromatic carbocycles. The fourth-order valence-electron chi connectivity index (χ4n) is 1.31. The first kappa shape index (κ1) is 8.56. The van der Waals surface area contributed by atoms with E-state index in [0.717, 1.165) is 11.1 Å². The normalized spacial score (nSPS) is 10.0. The molecule has 3 nitrogen and oxygen atoms in total. The van der Waals surface area contributed by atoms with E-state index >= 15 is 0 Å². The molecule has 0 aliphatic heterocycles. The molecule has 2 aromatic rings. The maximum absolute atomic E-state index is 11.0. The number of phenols is 1. The molecular formula is C11H9NO2. The SMILES string of the molecule is O=c1cc(-c2cccc(O)c2)cc[nH]1. The van der Waals surface area contributed by atoms with E-state index in [2.05, 4.69) is 4.98 Å². The summed E-state index contributed by atoms with van der Waals surface area (Å²) in [7, 11) is 0. The van der Waals surface area contributed by atoms with E-state index in [1.165, 1.54) is 6.07 Å². The van der Waals surface area contributed by atoms with Crippen LogP contribution in [0.2, 0.25) is 0 Å². The summed E-state index contributed by atoms with van der Waals surface area (Å²) in [6.45, 7) is 0. The van der Waals surface area contributed by atoms with Crippen LogP contribution in [-0.2, 0) is 0 Å². The van der Waals surface area contributed by atoms with Crippen LogP contribution in [0.25, 0.3) is 11.1 Å². The number of aromatic hydroxyl groups is 1. The number of aromatic nitrogens is 1. The number of aromatic amines is 1. The van der Waals surface area contributed by atoms with Crippen molar-refractivity contribution in [3.05, 3.63) is 52.9 Å². The lowest BCUT2D eigenvalue weighted by Crippen LogP contribution is -2.01. The van der Waals surface area contributed by atoms with Crippen molar-refractivity contribution in [1.29, 1.82) is 0 Å². The molecule has 3 heteroatoms. The molecular weight excluding hydrogens is 178 g/mol. The summed E-state index contributed by atoms with van der Waals surface area (Å²) < 4.78 is 0. The standard InChI is InChI=1S/C11H9NO2/c13-10-3-1-2-8(6-10)9-4-5-12-11(14)7-9/h1-7,13H,(H,12,14). The molecule has 0 spiro atoms. The van der Waals surface area contributed by atoms with Crippen LogP contribution < -0.4 is 5.56 Å². The van der Waals surface area contributed by atoms with Crippen molar-refractivity contribution in [1.82, 2.24) is 4.98 Å². The van der Waals surface area contributed by atoms with Gasteiger partial charge in [0.05, 0.1) is 0 Å². The molecule has 0 bridgehead atoms. The summed E-state index contributed by atoms with van der Waals surface area (Å²) in [4.78, 5) is 13.6. The van der Waals surface area contributed by atoms with Crippen LogP contribution in [0.15, 0.2) is 47.4 Å². The van der Waals surface area contributed by atoms with Gasteiger partial charge in [-0.25, -0.2) is 0 Å². The summed E-state index contributed by atoms with van der Waals surface area (Å²) in [5, 5.41) is 9.26. The highest BCUT2D eigenvalue weighted by Crippen LogP contribution is 2.21. The van der Waals surface area contributed by atoms with Crippen molar-refractivity contribution in [2.24, 2.45) is 0 Å². The van der Waals surface area contributed by atoms with E-state index in [4.69, 9.17) is 0 Å². The summed E-state index contributed by atoms with van der Waals surface area (Å²) >= 11 is 0. The predicted molar refractivity (Wildman–Crippen MR) is 54.2 cm³/mol. The molecule has 2 N–H and O–H groups in total. The van der Waals surface area contributed by atoms with Gasteiger partial charge in [-0.15, -0.1) is 0 Å². The number of hydrogen-bond acceptors (Lipinski definition) is 2. The number of nitrogens with one attached hydrogen (secondary N) is 1. The first-order valence-electron chi connectivity index (χ1n) is 4.24. The van der Waals surface area contributed by atoms with Gasteiger partial charge >= 0.3 is 0 Å². The molecule has 0 saturated carbocycles. The van der Waals surface area contributed by atoms with Gasteiger partial charge in [0.15, 0.2) is 0 Å². The number of phenolic OH excluding ortho intramolecular Hbond substituents is 1. The Labute approximate surface area is 80.7 Å². The Kier molecular flexibility index (Phi) is 2.07. The van der Waals surface area contributed by atoms with Gasteiger partial charge in [-0.3, -0.25) is 4.79 Å². The highest BCUT2D eigenvalue weighted by molar-refractivity contribution is 5.64. The minimum atomic E-state index is -0.147. The molecule has 0 unspecified atom stereocenters. The van der Waals surface area contributed by atoms with Crippen LogP contribution in [0, 0.1) is 0 Å². The Balaban J connectivity index is 2.55. The number of rotatable bonds is 1. The summed E-state index contributed by atoms with van der Waals surface area (Å²) in [5.74, 6) is 0.197. The summed E-state index contributed by atoms with van der Waals surface area (Å²) in [5.41, 5.74) is 1.48. The highest BCUT2D eigenvalue weighted by atomic mass is 16.3. The van der Waals surface area contributed by atoms with Gasteiger partial charge in [-0.05, 0) is 29.3 Å². The van der Waals surface area contributed by atoms with E-state index in [0.29, 0.717) is 0 Å². The van der Waals surface area contributed by atoms with Crippen LogP contribution >= 0.6 is 0 Å². The van der Waals surface area contributed by atoms with Crippen LogP contribution in [0.1, 0.15) is 0 Å². The zero-order valence-electron chi connectivity index (χ0n) is 7.40. The van der Waals surface area contributed by atoms with Gasteiger partial charge in [0.1, 0.15) is 5.75 Å². The smallest absolute Gasteiger partial charge is 0.248 e. The third-order valence-electron chi connectivity index (χ3n) is 1.95. The first-order chi connectivity index (χ1) is 6.75. The molecule has 2 rings (SSSR count). The second kappa shape index (κ2) is 3.38. The van der Waals surface area contributed by atoms with E-state index in [9.17, 15) is 9.90 Å². The quantitative estimate of drug-likeness (QED) is 0.714. The molecule has 14 heavy (non-hydrogen) atoms. The number of benzene rings is 1. The van der Waals surface area contributed by atoms with Crippen molar-refractivity contribution in [2.75, 3.05) is 0 Å². The second-order valence-electron chi connectivity index (χ2n) is 2.99. The monoisotopic (exact) mass is 187 g/mol. The Morgan fingerprint density at radius 3 is 2.57 bits per heavy atom. The highest BCUT2D eigenvalue weighted by Gasteiger charge is 1.98. The van der Waals surface area contributed by atoms with E-state index < -0.39 is 0 Å². The van der Waals surface area contributed by atoms with Gasteiger partial charge < -0.3 is 10.1 Å². The lowest BCUT2D eigenvalue weighted by Gasteiger charge is -2.00. The van der Waals surface area contributed by atoms with Gasteiger partial charge in [-0.1, -0.05) is 12.1 Å². The third-order valence-corrected chi connectivity index (χ3v) is 1.95. The van der Waals surface area contributed by atoms with Crippen molar-refractivity contribution < 1.29 is 5.11 Å². The lowest BCUT2D eigenvalue weighted by molar-refractivity contribution is 0.475. The second-order valence-corrected chi connectivity index (χ2v) is 2.99. The summed E-state index contributed by atoms with van der Waals surface area (Å²) in [6, 6.07) is 10.1. The van der Waals surface area contributed by atoms with Crippen molar-refractivity contribution in [3.63, 3.8) is 0 Å². The molecule has 1 heterocycles. The van der Waals surface area contributed by atoms with Crippen LogP contribution in [-0.4, -0.2) is 10.1 Å². The largest absolute Gasteiger partial charge is 0.508 e. The summed E-state index contributed by atoms with van der Waals surface area (Å²) in [6.07, 6.45) is 1.59. The number of H-pyrrole nitrogens is 1. The van der Waals surface area contributed by atoms with E-state index in [1.54, 1.807) is 30.5 Å². The van der Waals surface area contributed by atoms with E-state index in [1.807, 2.05) is 6.07 Å². The minimum Gasteiger partial charge on any atom is -0.508 e. The van der Waals surface area contributed by atoms with Crippen molar-refractivity contribution in [3.8, 4) is 16.9 Å². The molecule has 0 amide bonds. The van der Waals surface area contributed by atoms with Gasteiger partial charge in [0.2, 0.25) is 5.56 Å². The Morgan fingerprint density at radius 2 is 1.86 bits per heavy atom. The molecule has 0 saturated heterocycles. The van der Waals surface area contributed by atoms with Gasteiger partial charge in [-0.2, -0.15) is 0 Å². The maximum atomic E-state index is 11.0. The number of pyridine rings is 1. The maximum Gasteiger partial charge on any atom is 0.248 e. The molecule has 0 aliphatic rings. The molecule has 0 radical (unpaired) electrons.